The first-order valence-electron chi connectivity index (χ1n) is 6.25. The summed E-state index contributed by atoms with van der Waals surface area (Å²) < 4.78 is 1.06. The number of hydrogen-bond donors (Lipinski definition) is 0. The van der Waals surface area contributed by atoms with Gasteiger partial charge in [-0.1, -0.05) is 68.8 Å². The maximum Gasteiger partial charge on any atom is 0.0449 e. The van der Waals surface area contributed by atoms with E-state index in [2.05, 4.69) is 44.0 Å². The van der Waals surface area contributed by atoms with Gasteiger partial charge in [-0.2, -0.15) is 0 Å². The molecule has 0 heterocycles. The van der Waals surface area contributed by atoms with Crippen molar-refractivity contribution in [3.05, 3.63) is 33.3 Å². The van der Waals surface area contributed by atoms with Crippen molar-refractivity contribution in [2.45, 2.75) is 43.4 Å². The van der Waals surface area contributed by atoms with Crippen LogP contribution in [-0.2, 0) is 6.42 Å². The van der Waals surface area contributed by atoms with E-state index < -0.39 is 0 Å². The summed E-state index contributed by atoms with van der Waals surface area (Å²) in [5, 5.41) is 0.892. The second-order valence-electron chi connectivity index (χ2n) is 4.85. The molecule has 1 aliphatic rings. The number of halogens is 3. The van der Waals surface area contributed by atoms with Crippen molar-refractivity contribution in [3.8, 4) is 0 Å². The Kier molecular flexibility index (Phi) is 5.38. The molecule has 94 valence electrons. The van der Waals surface area contributed by atoms with Crippen LogP contribution < -0.4 is 0 Å². The standard InChI is InChI=1S/C14H17Br2Cl/c15-12-7-6-11(14(17)9-12)8-10-4-2-1-3-5-13(10)16/h6-7,9-10,13H,1-5,8H2. The SMILES string of the molecule is Clc1cc(Br)ccc1CC1CCCCCC1Br. The highest BCUT2D eigenvalue weighted by Gasteiger charge is 2.22. The summed E-state index contributed by atoms with van der Waals surface area (Å²) in [6.07, 6.45) is 7.83. The first-order valence-corrected chi connectivity index (χ1v) is 8.33. The third-order valence-corrected chi connectivity index (χ3v) is 5.61. The monoisotopic (exact) mass is 378 g/mol. The first-order chi connectivity index (χ1) is 8.16. The van der Waals surface area contributed by atoms with Crippen LogP contribution in [-0.4, -0.2) is 4.83 Å². The highest BCUT2D eigenvalue weighted by atomic mass is 79.9. The lowest BCUT2D eigenvalue weighted by Gasteiger charge is -2.20. The third kappa shape index (κ3) is 3.97. The predicted molar refractivity (Wildman–Crippen MR) is 82.1 cm³/mol. The molecule has 0 spiro atoms. The van der Waals surface area contributed by atoms with Gasteiger partial charge in [0, 0.05) is 14.3 Å². The Morgan fingerprint density at radius 3 is 2.71 bits per heavy atom. The Hall–Kier alpha value is 0.470. The van der Waals surface area contributed by atoms with Gasteiger partial charge in [0.25, 0.3) is 0 Å². The molecule has 1 aromatic carbocycles. The minimum Gasteiger partial charge on any atom is -0.0888 e. The van der Waals surface area contributed by atoms with E-state index in [1.165, 1.54) is 37.7 Å². The average molecular weight is 381 g/mol. The molecule has 1 aliphatic carbocycles. The largest absolute Gasteiger partial charge is 0.0888 e. The zero-order valence-electron chi connectivity index (χ0n) is 9.76. The van der Waals surface area contributed by atoms with E-state index in [0.717, 1.165) is 21.8 Å². The van der Waals surface area contributed by atoms with Gasteiger partial charge in [-0.05, 0) is 42.9 Å². The molecule has 0 radical (unpaired) electrons. The molecule has 0 nitrogen and oxygen atoms in total. The quantitative estimate of drug-likeness (QED) is 0.437. The van der Waals surface area contributed by atoms with Crippen molar-refractivity contribution >= 4 is 43.5 Å². The summed E-state index contributed by atoms with van der Waals surface area (Å²) in [5.41, 5.74) is 1.28. The molecular weight excluding hydrogens is 363 g/mol. The van der Waals surface area contributed by atoms with Crippen molar-refractivity contribution in [3.63, 3.8) is 0 Å². The Bertz CT molecular complexity index is 378. The summed E-state index contributed by atoms with van der Waals surface area (Å²) in [5.74, 6) is 0.733. The Morgan fingerprint density at radius 2 is 1.94 bits per heavy atom. The smallest absolute Gasteiger partial charge is 0.0449 e. The molecule has 0 aromatic heterocycles. The molecular formula is C14H17Br2Cl. The minimum atomic E-state index is 0.657. The Morgan fingerprint density at radius 1 is 1.18 bits per heavy atom. The number of hydrogen-bond acceptors (Lipinski definition) is 0. The van der Waals surface area contributed by atoms with Gasteiger partial charge in [0.1, 0.15) is 0 Å². The lowest BCUT2D eigenvalue weighted by atomic mass is 9.92. The van der Waals surface area contributed by atoms with Crippen LogP contribution in [0.1, 0.15) is 37.7 Å². The molecule has 2 atom stereocenters. The van der Waals surface area contributed by atoms with Crippen LogP contribution in [0.3, 0.4) is 0 Å². The van der Waals surface area contributed by atoms with E-state index >= 15 is 0 Å². The summed E-state index contributed by atoms with van der Waals surface area (Å²) in [4.78, 5) is 0.657. The maximum absolute atomic E-state index is 6.29. The van der Waals surface area contributed by atoms with Crippen LogP contribution in [0.5, 0.6) is 0 Å². The summed E-state index contributed by atoms with van der Waals surface area (Å²) >= 11 is 13.6. The van der Waals surface area contributed by atoms with E-state index in [1.54, 1.807) is 0 Å². The molecule has 0 amide bonds. The van der Waals surface area contributed by atoms with E-state index in [-0.39, 0.29) is 0 Å². The average Bonchev–Trinajstić information content (AvgIpc) is 2.48. The highest BCUT2D eigenvalue weighted by molar-refractivity contribution is 9.10. The molecule has 0 N–H and O–H groups in total. The van der Waals surface area contributed by atoms with Gasteiger partial charge < -0.3 is 0 Å². The molecule has 1 aromatic rings. The van der Waals surface area contributed by atoms with Crippen LogP contribution in [0.2, 0.25) is 5.02 Å². The third-order valence-electron chi connectivity index (χ3n) is 3.56. The fourth-order valence-corrected chi connectivity index (χ4v) is 4.06. The Labute approximate surface area is 125 Å². The predicted octanol–water partition coefficient (Wildman–Crippen LogP) is 5.99. The van der Waals surface area contributed by atoms with Gasteiger partial charge >= 0.3 is 0 Å². The molecule has 2 rings (SSSR count). The number of rotatable bonds is 2. The fourth-order valence-electron chi connectivity index (χ4n) is 2.54. The second kappa shape index (κ2) is 6.58. The van der Waals surface area contributed by atoms with Gasteiger partial charge in [-0.25, -0.2) is 0 Å². The summed E-state index contributed by atoms with van der Waals surface area (Å²) in [6.45, 7) is 0. The van der Waals surface area contributed by atoms with E-state index in [1.807, 2.05) is 6.07 Å². The van der Waals surface area contributed by atoms with Crippen LogP contribution >= 0.6 is 43.5 Å². The second-order valence-corrected chi connectivity index (χ2v) is 7.35. The molecule has 17 heavy (non-hydrogen) atoms. The van der Waals surface area contributed by atoms with Crippen molar-refractivity contribution in [1.82, 2.24) is 0 Å². The number of benzene rings is 1. The van der Waals surface area contributed by atoms with E-state index in [4.69, 9.17) is 11.6 Å². The lowest BCUT2D eigenvalue weighted by molar-refractivity contribution is 0.475. The molecule has 0 aliphatic heterocycles. The molecule has 1 saturated carbocycles. The number of alkyl halides is 1. The van der Waals surface area contributed by atoms with Gasteiger partial charge in [0.2, 0.25) is 0 Å². The van der Waals surface area contributed by atoms with E-state index in [0.29, 0.717) is 4.83 Å². The lowest BCUT2D eigenvalue weighted by Crippen LogP contribution is -2.15. The van der Waals surface area contributed by atoms with Gasteiger partial charge in [0.05, 0.1) is 0 Å². The zero-order valence-corrected chi connectivity index (χ0v) is 13.7. The molecule has 0 saturated heterocycles. The van der Waals surface area contributed by atoms with Crippen LogP contribution in [0.15, 0.2) is 22.7 Å². The normalized spacial score (nSPS) is 25.6. The molecule has 1 fully saturated rings. The molecule has 0 bridgehead atoms. The van der Waals surface area contributed by atoms with Gasteiger partial charge in [-0.15, -0.1) is 0 Å². The van der Waals surface area contributed by atoms with Gasteiger partial charge in [-0.3, -0.25) is 0 Å². The van der Waals surface area contributed by atoms with Crippen LogP contribution in [0, 0.1) is 5.92 Å². The summed E-state index contributed by atoms with van der Waals surface area (Å²) in [6, 6.07) is 6.23. The zero-order chi connectivity index (χ0) is 12.3. The molecule has 3 heteroatoms. The fraction of sp³-hybridized carbons (Fsp3) is 0.571. The van der Waals surface area contributed by atoms with Crippen molar-refractivity contribution in [1.29, 1.82) is 0 Å². The van der Waals surface area contributed by atoms with Crippen molar-refractivity contribution < 1.29 is 0 Å². The van der Waals surface area contributed by atoms with Crippen molar-refractivity contribution in [2.75, 3.05) is 0 Å². The van der Waals surface area contributed by atoms with Crippen LogP contribution in [0.4, 0.5) is 0 Å². The van der Waals surface area contributed by atoms with Gasteiger partial charge in [0.15, 0.2) is 0 Å². The van der Waals surface area contributed by atoms with Crippen LogP contribution in [0.25, 0.3) is 0 Å². The summed E-state index contributed by atoms with van der Waals surface area (Å²) in [7, 11) is 0. The Balaban J connectivity index is 2.08. The topological polar surface area (TPSA) is 0 Å². The first kappa shape index (κ1) is 13.9. The maximum atomic E-state index is 6.29. The minimum absolute atomic E-state index is 0.657. The van der Waals surface area contributed by atoms with Crippen molar-refractivity contribution in [2.24, 2.45) is 5.92 Å². The molecule has 2 unspecified atom stereocenters. The van der Waals surface area contributed by atoms with E-state index in [9.17, 15) is 0 Å². The highest BCUT2D eigenvalue weighted by Crippen LogP contribution is 2.33.